The number of aromatic nitrogens is 2. The van der Waals surface area contributed by atoms with Crippen molar-refractivity contribution in [3.8, 4) is 0 Å². The summed E-state index contributed by atoms with van der Waals surface area (Å²) >= 11 is 0. The summed E-state index contributed by atoms with van der Waals surface area (Å²) in [5.41, 5.74) is 0. The Bertz CT molecular complexity index is 451. The van der Waals surface area contributed by atoms with Gasteiger partial charge in [0.2, 0.25) is 0 Å². The molecular formula is C15H24N4O2. The average Bonchev–Trinajstić information content (AvgIpc) is 3.18. The predicted molar refractivity (Wildman–Crippen MR) is 81.6 cm³/mol. The standard InChI is InChI=1S/C15H24N4O2/c20-10-12-3-1-7-19(12)15-9-14(17-11-18-15)16-6-5-13-4-2-8-21-13/h9,11-13,20H,1-8,10H2,(H,16,17,18). The van der Waals surface area contributed by atoms with Crippen molar-refractivity contribution >= 4 is 11.6 Å². The molecule has 3 heterocycles. The minimum Gasteiger partial charge on any atom is -0.394 e. The zero-order valence-corrected chi connectivity index (χ0v) is 12.4. The molecule has 0 radical (unpaired) electrons. The van der Waals surface area contributed by atoms with E-state index in [4.69, 9.17) is 4.74 Å². The summed E-state index contributed by atoms with van der Waals surface area (Å²) in [6.07, 6.45) is 7.50. The van der Waals surface area contributed by atoms with Crippen LogP contribution in [-0.4, -0.2) is 53.5 Å². The summed E-state index contributed by atoms with van der Waals surface area (Å²) in [6.45, 7) is 2.91. The van der Waals surface area contributed by atoms with Crippen molar-refractivity contribution < 1.29 is 9.84 Å². The molecule has 3 rings (SSSR count). The molecule has 2 aliphatic heterocycles. The first kappa shape index (κ1) is 14.5. The van der Waals surface area contributed by atoms with Crippen molar-refractivity contribution in [2.75, 3.05) is 36.5 Å². The minimum absolute atomic E-state index is 0.186. The molecule has 2 unspecified atom stereocenters. The number of ether oxygens (including phenoxy) is 1. The van der Waals surface area contributed by atoms with Crippen LogP contribution in [-0.2, 0) is 4.74 Å². The van der Waals surface area contributed by atoms with Crippen molar-refractivity contribution in [1.29, 1.82) is 0 Å². The molecule has 2 saturated heterocycles. The Morgan fingerprint density at radius 1 is 1.33 bits per heavy atom. The molecule has 6 heteroatoms. The Kier molecular flexibility index (Phi) is 4.87. The van der Waals surface area contributed by atoms with Crippen molar-refractivity contribution in [2.24, 2.45) is 0 Å². The Morgan fingerprint density at radius 3 is 3.10 bits per heavy atom. The van der Waals surface area contributed by atoms with Crippen molar-refractivity contribution in [1.82, 2.24) is 9.97 Å². The van der Waals surface area contributed by atoms with Crippen LogP contribution in [0.4, 0.5) is 11.6 Å². The number of rotatable bonds is 6. The number of hydrogen-bond acceptors (Lipinski definition) is 6. The first-order valence-electron chi connectivity index (χ1n) is 7.92. The van der Waals surface area contributed by atoms with E-state index in [0.29, 0.717) is 6.10 Å². The van der Waals surface area contributed by atoms with Crippen LogP contribution in [0.1, 0.15) is 32.1 Å². The first-order valence-corrected chi connectivity index (χ1v) is 7.92. The summed E-state index contributed by atoms with van der Waals surface area (Å²) in [6, 6.07) is 2.17. The van der Waals surface area contributed by atoms with Gasteiger partial charge in [0.25, 0.3) is 0 Å². The Morgan fingerprint density at radius 2 is 2.29 bits per heavy atom. The Labute approximate surface area is 125 Å². The van der Waals surface area contributed by atoms with Gasteiger partial charge in [-0.15, -0.1) is 0 Å². The molecule has 0 spiro atoms. The van der Waals surface area contributed by atoms with E-state index in [1.54, 1.807) is 6.33 Å². The van der Waals surface area contributed by atoms with Crippen LogP contribution in [0.3, 0.4) is 0 Å². The van der Waals surface area contributed by atoms with Gasteiger partial charge < -0.3 is 20.1 Å². The van der Waals surface area contributed by atoms with Crippen LogP contribution >= 0.6 is 0 Å². The van der Waals surface area contributed by atoms with Gasteiger partial charge in [0.05, 0.1) is 18.8 Å². The molecule has 6 nitrogen and oxygen atoms in total. The van der Waals surface area contributed by atoms with Gasteiger partial charge in [0, 0.05) is 25.8 Å². The lowest BCUT2D eigenvalue weighted by Gasteiger charge is -2.24. The Hall–Kier alpha value is -1.40. The molecule has 0 amide bonds. The van der Waals surface area contributed by atoms with Crippen LogP contribution in [0, 0.1) is 0 Å². The monoisotopic (exact) mass is 292 g/mol. The summed E-state index contributed by atoms with van der Waals surface area (Å²) < 4.78 is 5.62. The molecule has 2 aliphatic rings. The number of nitrogens with one attached hydrogen (secondary N) is 1. The molecule has 0 aromatic carbocycles. The van der Waals surface area contributed by atoms with E-state index < -0.39 is 0 Å². The third kappa shape index (κ3) is 3.63. The quantitative estimate of drug-likeness (QED) is 0.826. The van der Waals surface area contributed by atoms with Gasteiger partial charge in [-0.25, -0.2) is 9.97 Å². The molecule has 2 N–H and O–H groups in total. The smallest absolute Gasteiger partial charge is 0.134 e. The van der Waals surface area contributed by atoms with Crippen LogP contribution < -0.4 is 10.2 Å². The molecule has 0 aliphatic carbocycles. The van der Waals surface area contributed by atoms with Crippen LogP contribution in [0.15, 0.2) is 12.4 Å². The van der Waals surface area contributed by atoms with Crippen molar-refractivity contribution in [2.45, 2.75) is 44.2 Å². The maximum Gasteiger partial charge on any atom is 0.134 e. The highest BCUT2D eigenvalue weighted by molar-refractivity contribution is 5.49. The Balaban J connectivity index is 1.55. The highest BCUT2D eigenvalue weighted by atomic mass is 16.5. The van der Waals surface area contributed by atoms with E-state index in [0.717, 1.165) is 50.6 Å². The molecule has 2 fully saturated rings. The lowest BCUT2D eigenvalue weighted by atomic mass is 10.2. The molecule has 2 atom stereocenters. The molecule has 116 valence electrons. The summed E-state index contributed by atoms with van der Waals surface area (Å²) in [4.78, 5) is 10.8. The highest BCUT2D eigenvalue weighted by Gasteiger charge is 2.25. The molecular weight excluding hydrogens is 268 g/mol. The van der Waals surface area contributed by atoms with Gasteiger partial charge in [0.15, 0.2) is 0 Å². The summed E-state index contributed by atoms with van der Waals surface area (Å²) in [5, 5.41) is 12.8. The average molecular weight is 292 g/mol. The fourth-order valence-electron chi connectivity index (χ4n) is 3.16. The lowest BCUT2D eigenvalue weighted by Crippen LogP contribution is -2.32. The van der Waals surface area contributed by atoms with Crippen LogP contribution in [0.5, 0.6) is 0 Å². The molecule has 1 aromatic heterocycles. The predicted octanol–water partition coefficient (Wildman–Crippen LogP) is 1.42. The lowest BCUT2D eigenvalue weighted by molar-refractivity contribution is 0.107. The number of nitrogens with zero attached hydrogens (tertiary/aromatic N) is 3. The number of hydrogen-bond donors (Lipinski definition) is 2. The van der Waals surface area contributed by atoms with Crippen LogP contribution in [0.25, 0.3) is 0 Å². The number of anilines is 2. The van der Waals surface area contributed by atoms with Gasteiger partial charge >= 0.3 is 0 Å². The minimum atomic E-state index is 0.186. The van der Waals surface area contributed by atoms with Gasteiger partial charge in [0.1, 0.15) is 18.0 Å². The SMILES string of the molecule is OCC1CCCN1c1cc(NCCC2CCCO2)ncn1. The fraction of sp³-hybridized carbons (Fsp3) is 0.733. The molecule has 21 heavy (non-hydrogen) atoms. The molecule has 0 saturated carbocycles. The van der Waals surface area contributed by atoms with E-state index in [1.807, 2.05) is 6.07 Å². The number of aliphatic hydroxyl groups is 1. The second kappa shape index (κ2) is 7.04. The third-order valence-corrected chi connectivity index (χ3v) is 4.33. The summed E-state index contributed by atoms with van der Waals surface area (Å²) in [7, 11) is 0. The molecule has 0 bridgehead atoms. The van der Waals surface area contributed by atoms with Gasteiger partial charge in [-0.3, -0.25) is 0 Å². The highest BCUT2D eigenvalue weighted by Crippen LogP contribution is 2.24. The van der Waals surface area contributed by atoms with E-state index in [-0.39, 0.29) is 12.6 Å². The maximum absolute atomic E-state index is 9.42. The first-order chi connectivity index (χ1) is 10.4. The van der Waals surface area contributed by atoms with Gasteiger partial charge in [-0.2, -0.15) is 0 Å². The summed E-state index contributed by atoms with van der Waals surface area (Å²) in [5.74, 6) is 1.75. The largest absolute Gasteiger partial charge is 0.394 e. The third-order valence-electron chi connectivity index (χ3n) is 4.33. The number of aliphatic hydroxyl groups excluding tert-OH is 1. The topological polar surface area (TPSA) is 70.5 Å². The van der Waals surface area contributed by atoms with E-state index in [9.17, 15) is 5.11 Å². The van der Waals surface area contributed by atoms with Gasteiger partial charge in [-0.05, 0) is 32.1 Å². The van der Waals surface area contributed by atoms with Crippen LogP contribution in [0.2, 0.25) is 0 Å². The van der Waals surface area contributed by atoms with Crippen molar-refractivity contribution in [3.05, 3.63) is 12.4 Å². The second-order valence-electron chi connectivity index (χ2n) is 5.78. The molecule has 1 aromatic rings. The van der Waals surface area contributed by atoms with Crippen molar-refractivity contribution in [3.63, 3.8) is 0 Å². The normalized spacial score (nSPS) is 25.5. The van der Waals surface area contributed by atoms with E-state index in [2.05, 4.69) is 20.2 Å². The maximum atomic E-state index is 9.42. The van der Waals surface area contributed by atoms with Gasteiger partial charge in [-0.1, -0.05) is 0 Å². The second-order valence-corrected chi connectivity index (χ2v) is 5.78. The fourth-order valence-corrected chi connectivity index (χ4v) is 3.16. The van der Waals surface area contributed by atoms with E-state index in [1.165, 1.54) is 12.8 Å². The zero-order chi connectivity index (χ0) is 14.5. The zero-order valence-electron chi connectivity index (χ0n) is 12.4. The van der Waals surface area contributed by atoms with E-state index >= 15 is 0 Å².